The molecule has 0 spiro atoms. The van der Waals surface area contributed by atoms with E-state index in [1.54, 1.807) is 0 Å². The molecule has 0 aromatic rings. The molecule has 1 aliphatic heterocycles. The summed E-state index contributed by atoms with van der Waals surface area (Å²) in [4.78, 5) is 9.27. The van der Waals surface area contributed by atoms with Crippen molar-refractivity contribution < 1.29 is 0 Å². The fourth-order valence-electron chi connectivity index (χ4n) is 3.43. The van der Waals surface area contributed by atoms with Gasteiger partial charge in [-0.15, -0.1) is 0 Å². The highest BCUT2D eigenvalue weighted by Gasteiger charge is 2.32. The molecular formula is C16H33N5. The van der Waals surface area contributed by atoms with Crippen LogP contribution in [0.25, 0.3) is 0 Å². The molecule has 2 unspecified atom stereocenters. The van der Waals surface area contributed by atoms with E-state index in [0.717, 1.165) is 31.5 Å². The molecule has 122 valence electrons. The van der Waals surface area contributed by atoms with Gasteiger partial charge >= 0.3 is 0 Å². The fraction of sp³-hybridized carbons (Fsp3) is 0.938. The third-order valence-corrected chi connectivity index (χ3v) is 4.94. The Morgan fingerprint density at radius 2 is 2.05 bits per heavy atom. The van der Waals surface area contributed by atoms with Gasteiger partial charge in [-0.2, -0.15) is 0 Å². The minimum atomic E-state index is 0.627. The standard InChI is InChI=1S/C16H33N5/c1-5-21-10-6-7-14(21)11-18-16(17-2)19-12-15(20(3)4)13-8-9-13/h13-15H,5-12H2,1-4H3,(H2,17,18,19). The summed E-state index contributed by atoms with van der Waals surface area (Å²) in [5, 5.41) is 7.02. The Labute approximate surface area is 130 Å². The van der Waals surface area contributed by atoms with Crippen molar-refractivity contribution in [1.29, 1.82) is 0 Å². The molecule has 1 heterocycles. The van der Waals surface area contributed by atoms with Gasteiger partial charge in [-0.3, -0.25) is 9.89 Å². The lowest BCUT2D eigenvalue weighted by Gasteiger charge is -2.27. The van der Waals surface area contributed by atoms with Crippen LogP contribution in [0.15, 0.2) is 4.99 Å². The summed E-state index contributed by atoms with van der Waals surface area (Å²) in [5.74, 6) is 1.82. The molecule has 0 radical (unpaired) electrons. The van der Waals surface area contributed by atoms with Gasteiger partial charge in [0.1, 0.15) is 0 Å². The van der Waals surface area contributed by atoms with Gasteiger partial charge in [-0.1, -0.05) is 6.92 Å². The van der Waals surface area contributed by atoms with Gasteiger partial charge in [0.25, 0.3) is 0 Å². The van der Waals surface area contributed by atoms with Gasteiger partial charge in [0, 0.05) is 32.2 Å². The smallest absolute Gasteiger partial charge is 0.191 e. The fourth-order valence-corrected chi connectivity index (χ4v) is 3.43. The van der Waals surface area contributed by atoms with E-state index in [0.29, 0.717) is 12.1 Å². The first-order chi connectivity index (χ1) is 10.2. The second kappa shape index (κ2) is 7.99. The Kier molecular flexibility index (Phi) is 6.30. The third kappa shape index (κ3) is 4.85. The Morgan fingerprint density at radius 3 is 2.62 bits per heavy atom. The Hall–Kier alpha value is -0.810. The van der Waals surface area contributed by atoms with Crippen LogP contribution < -0.4 is 10.6 Å². The van der Waals surface area contributed by atoms with Crippen molar-refractivity contribution in [3.63, 3.8) is 0 Å². The first kappa shape index (κ1) is 16.6. The first-order valence-electron chi connectivity index (χ1n) is 8.50. The highest BCUT2D eigenvalue weighted by Crippen LogP contribution is 2.34. The van der Waals surface area contributed by atoms with E-state index in [4.69, 9.17) is 0 Å². The molecule has 0 amide bonds. The predicted octanol–water partition coefficient (Wildman–Crippen LogP) is 0.976. The number of rotatable bonds is 7. The lowest BCUT2D eigenvalue weighted by atomic mass is 10.1. The van der Waals surface area contributed by atoms with Gasteiger partial charge in [-0.05, 0) is 58.8 Å². The minimum Gasteiger partial charge on any atom is -0.355 e. The SMILES string of the molecule is CCN1CCCC1CNC(=NC)NCC(C1CC1)N(C)C. The Balaban J connectivity index is 1.73. The third-order valence-electron chi connectivity index (χ3n) is 4.94. The van der Waals surface area contributed by atoms with E-state index in [9.17, 15) is 0 Å². The molecule has 0 aromatic carbocycles. The van der Waals surface area contributed by atoms with Crippen molar-refractivity contribution in [1.82, 2.24) is 20.4 Å². The Morgan fingerprint density at radius 1 is 1.29 bits per heavy atom. The maximum absolute atomic E-state index is 4.37. The van der Waals surface area contributed by atoms with E-state index >= 15 is 0 Å². The van der Waals surface area contributed by atoms with E-state index in [-0.39, 0.29) is 0 Å². The second-order valence-corrected chi connectivity index (χ2v) is 6.63. The van der Waals surface area contributed by atoms with Crippen LogP contribution in [0, 0.1) is 5.92 Å². The Bertz CT molecular complexity index is 336. The number of aliphatic imine (C=N–C) groups is 1. The molecule has 2 aliphatic rings. The number of likely N-dealkylation sites (tertiary alicyclic amines) is 1. The van der Waals surface area contributed by atoms with Crippen molar-refractivity contribution >= 4 is 5.96 Å². The summed E-state index contributed by atoms with van der Waals surface area (Å²) in [6.07, 6.45) is 5.39. The number of likely N-dealkylation sites (N-methyl/N-ethyl adjacent to an activating group) is 2. The van der Waals surface area contributed by atoms with Gasteiger partial charge in [0.2, 0.25) is 0 Å². The van der Waals surface area contributed by atoms with Gasteiger partial charge in [0.05, 0.1) is 0 Å². The highest BCUT2D eigenvalue weighted by atomic mass is 15.2. The molecule has 21 heavy (non-hydrogen) atoms. The van der Waals surface area contributed by atoms with Crippen LogP contribution in [0.5, 0.6) is 0 Å². The average molecular weight is 295 g/mol. The van der Waals surface area contributed by atoms with Crippen molar-refractivity contribution in [2.45, 2.75) is 44.7 Å². The van der Waals surface area contributed by atoms with Crippen LogP contribution in [-0.2, 0) is 0 Å². The van der Waals surface area contributed by atoms with Crippen molar-refractivity contribution in [2.24, 2.45) is 10.9 Å². The monoisotopic (exact) mass is 295 g/mol. The average Bonchev–Trinajstić information content (AvgIpc) is 3.20. The highest BCUT2D eigenvalue weighted by molar-refractivity contribution is 5.79. The van der Waals surface area contributed by atoms with Gasteiger partial charge < -0.3 is 15.5 Å². The van der Waals surface area contributed by atoms with Crippen LogP contribution in [0.4, 0.5) is 0 Å². The molecule has 2 atom stereocenters. The zero-order chi connectivity index (χ0) is 15.2. The first-order valence-corrected chi connectivity index (χ1v) is 8.50. The van der Waals surface area contributed by atoms with E-state index in [1.165, 1.54) is 32.2 Å². The normalized spacial score (nSPS) is 25.4. The maximum Gasteiger partial charge on any atom is 0.191 e. The quantitative estimate of drug-likeness (QED) is 0.543. The number of hydrogen-bond acceptors (Lipinski definition) is 3. The van der Waals surface area contributed by atoms with E-state index in [2.05, 4.69) is 46.4 Å². The van der Waals surface area contributed by atoms with Crippen LogP contribution in [-0.4, -0.2) is 75.2 Å². The summed E-state index contributed by atoms with van der Waals surface area (Å²) in [5.41, 5.74) is 0. The number of guanidine groups is 1. The lowest BCUT2D eigenvalue weighted by molar-refractivity contribution is 0.260. The number of nitrogens with one attached hydrogen (secondary N) is 2. The number of hydrogen-bond donors (Lipinski definition) is 2. The summed E-state index contributed by atoms with van der Waals surface area (Å²) >= 11 is 0. The molecule has 5 nitrogen and oxygen atoms in total. The zero-order valence-electron chi connectivity index (χ0n) is 14.2. The topological polar surface area (TPSA) is 42.9 Å². The lowest BCUT2D eigenvalue weighted by Crippen LogP contribution is -2.48. The number of nitrogens with zero attached hydrogens (tertiary/aromatic N) is 3. The summed E-state index contributed by atoms with van der Waals surface area (Å²) in [6.45, 7) is 6.65. The largest absolute Gasteiger partial charge is 0.355 e. The molecule has 1 saturated heterocycles. The van der Waals surface area contributed by atoms with Crippen LogP contribution in [0.3, 0.4) is 0 Å². The second-order valence-electron chi connectivity index (χ2n) is 6.63. The maximum atomic E-state index is 4.37. The predicted molar refractivity (Wildman–Crippen MR) is 89.8 cm³/mol. The zero-order valence-corrected chi connectivity index (χ0v) is 14.2. The summed E-state index contributed by atoms with van der Waals surface area (Å²) < 4.78 is 0. The van der Waals surface area contributed by atoms with Crippen LogP contribution >= 0.6 is 0 Å². The van der Waals surface area contributed by atoms with Gasteiger partial charge in [0.15, 0.2) is 5.96 Å². The molecule has 2 rings (SSSR count). The molecule has 0 aromatic heterocycles. The molecule has 2 fully saturated rings. The van der Waals surface area contributed by atoms with Gasteiger partial charge in [-0.25, -0.2) is 0 Å². The van der Waals surface area contributed by atoms with Crippen LogP contribution in [0.2, 0.25) is 0 Å². The van der Waals surface area contributed by atoms with Crippen molar-refractivity contribution in [2.75, 3.05) is 47.3 Å². The summed E-state index contributed by atoms with van der Waals surface area (Å²) in [7, 11) is 6.22. The molecule has 0 bridgehead atoms. The molecular weight excluding hydrogens is 262 g/mol. The molecule has 2 N–H and O–H groups in total. The molecule has 1 aliphatic carbocycles. The van der Waals surface area contributed by atoms with E-state index < -0.39 is 0 Å². The van der Waals surface area contributed by atoms with Crippen molar-refractivity contribution in [3.8, 4) is 0 Å². The molecule has 5 heteroatoms. The molecule has 1 saturated carbocycles. The summed E-state index contributed by atoms with van der Waals surface area (Å²) in [6, 6.07) is 1.30. The minimum absolute atomic E-state index is 0.627. The van der Waals surface area contributed by atoms with E-state index in [1.807, 2.05) is 7.05 Å². The van der Waals surface area contributed by atoms with Crippen LogP contribution in [0.1, 0.15) is 32.6 Å². The van der Waals surface area contributed by atoms with Crippen molar-refractivity contribution in [3.05, 3.63) is 0 Å².